The Balaban J connectivity index is 1.70. The lowest BCUT2D eigenvalue weighted by Gasteiger charge is -2.25. The van der Waals surface area contributed by atoms with Gasteiger partial charge in [-0.1, -0.05) is 29.9 Å². The molecule has 2 heterocycles. The first kappa shape index (κ1) is 18.6. The van der Waals surface area contributed by atoms with E-state index in [1.165, 1.54) is 0 Å². The molecule has 25 heavy (non-hydrogen) atoms. The number of nitrogens with zero attached hydrogens (tertiary/aromatic N) is 2. The molecule has 1 aromatic carbocycles. The zero-order chi connectivity index (χ0) is 17.6. The van der Waals surface area contributed by atoms with Crippen molar-refractivity contribution in [2.24, 2.45) is 0 Å². The summed E-state index contributed by atoms with van der Waals surface area (Å²) in [4.78, 5) is 20.7. The fraction of sp³-hybridized carbons (Fsp3) is 0.556. The van der Waals surface area contributed by atoms with Crippen molar-refractivity contribution in [2.45, 2.75) is 26.2 Å². The highest BCUT2D eigenvalue weighted by Crippen LogP contribution is 2.31. The lowest BCUT2D eigenvalue weighted by atomic mass is 10.2. The van der Waals surface area contributed by atoms with E-state index in [2.05, 4.69) is 4.98 Å². The molecule has 3 rings (SSSR count). The molecule has 1 aliphatic heterocycles. The van der Waals surface area contributed by atoms with Crippen molar-refractivity contribution in [3.8, 4) is 0 Å². The summed E-state index contributed by atoms with van der Waals surface area (Å²) in [6.07, 6.45) is 2.38. The van der Waals surface area contributed by atoms with E-state index in [-0.39, 0.29) is 5.91 Å². The van der Waals surface area contributed by atoms with Crippen molar-refractivity contribution in [1.82, 2.24) is 4.98 Å². The van der Waals surface area contributed by atoms with Gasteiger partial charge in [-0.15, -0.1) is 0 Å². The number of fused-ring (bicyclic) bond motifs is 1. The zero-order valence-electron chi connectivity index (χ0n) is 14.6. The molecule has 7 heteroatoms. The molecule has 0 unspecified atom stereocenters. The Morgan fingerprint density at radius 2 is 2.20 bits per heavy atom. The molecule has 1 saturated heterocycles. The number of thiazole rings is 1. The van der Waals surface area contributed by atoms with E-state index in [1.807, 2.05) is 30.0 Å². The smallest absolute Gasteiger partial charge is 0.228 e. The largest absolute Gasteiger partial charge is 0.370 e. The number of hydrogen-bond donors (Lipinski definition) is 1. The highest BCUT2D eigenvalue weighted by atomic mass is 35.5. The number of carbonyl (C=O) groups is 1. The van der Waals surface area contributed by atoms with E-state index in [1.54, 1.807) is 16.2 Å². The number of amides is 1. The second-order valence-electron chi connectivity index (χ2n) is 6.37. The number of ether oxygens (including phenoxy) is 1. The molecule has 0 aliphatic carbocycles. The normalized spacial score (nSPS) is 15.6. The summed E-state index contributed by atoms with van der Waals surface area (Å²) < 4.78 is 6.43. The van der Waals surface area contributed by atoms with Crippen molar-refractivity contribution in [1.29, 1.82) is 0 Å². The van der Waals surface area contributed by atoms with Gasteiger partial charge in [-0.3, -0.25) is 9.69 Å². The van der Waals surface area contributed by atoms with Gasteiger partial charge in [0.2, 0.25) is 5.91 Å². The summed E-state index contributed by atoms with van der Waals surface area (Å²) in [5, 5.41) is 1.48. The standard InChI is InChI=1S/C18H24ClN3O2S/c1-2-4-17(23)22(8-3-7-21-9-11-24-12-10-21)18-20-15-6-5-14(19)13-16(15)25-18/h5-6,13H,2-4,7-12H2,1H3/p+1. The molecule has 1 N–H and O–H groups in total. The van der Waals surface area contributed by atoms with E-state index in [9.17, 15) is 4.79 Å². The average Bonchev–Trinajstić information content (AvgIpc) is 3.02. The maximum absolute atomic E-state index is 12.6. The van der Waals surface area contributed by atoms with Gasteiger partial charge in [0.1, 0.15) is 13.1 Å². The number of halogens is 1. The van der Waals surface area contributed by atoms with E-state index < -0.39 is 0 Å². The SMILES string of the molecule is CCCC(=O)N(CCC[NH+]1CCOCC1)c1nc2ccc(Cl)cc2s1. The third-order valence-corrected chi connectivity index (χ3v) is 5.72. The van der Waals surface area contributed by atoms with Crippen LogP contribution in [0.4, 0.5) is 5.13 Å². The fourth-order valence-electron chi connectivity index (χ4n) is 3.07. The minimum absolute atomic E-state index is 0.157. The second kappa shape index (κ2) is 8.94. The lowest BCUT2D eigenvalue weighted by Crippen LogP contribution is -3.14. The van der Waals surface area contributed by atoms with Crippen LogP contribution in [0.5, 0.6) is 0 Å². The van der Waals surface area contributed by atoms with Crippen molar-refractivity contribution in [3.63, 3.8) is 0 Å². The van der Waals surface area contributed by atoms with Crippen molar-refractivity contribution in [3.05, 3.63) is 23.2 Å². The molecule has 0 radical (unpaired) electrons. The predicted octanol–water partition coefficient (Wildman–Crippen LogP) is 2.39. The van der Waals surface area contributed by atoms with E-state index >= 15 is 0 Å². The van der Waals surface area contributed by atoms with Crippen LogP contribution in [0.2, 0.25) is 5.02 Å². The number of nitrogens with one attached hydrogen (secondary N) is 1. The Kier molecular flexibility index (Phi) is 6.64. The van der Waals surface area contributed by atoms with Crippen LogP contribution < -0.4 is 9.80 Å². The molecule has 0 atom stereocenters. The molecular weight excluding hydrogens is 358 g/mol. The number of hydrogen-bond acceptors (Lipinski definition) is 4. The van der Waals surface area contributed by atoms with Gasteiger partial charge < -0.3 is 9.64 Å². The summed E-state index contributed by atoms with van der Waals surface area (Å²) in [6, 6.07) is 5.67. The van der Waals surface area contributed by atoms with Gasteiger partial charge in [0, 0.05) is 24.4 Å². The number of rotatable bonds is 7. The summed E-state index contributed by atoms with van der Waals surface area (Å²) in [5.41, 5.74) is 0.900. The lowest BCUT2D eigenvalue weighted by molar-refractivity contribution is -0.908. The molecule has 0 spiro atoms. The zero-order valence-corrected chi connectivity index (χ0v) is 16.2. The molecule has 136 valence electrons. The van der Waals surface area contributed by atoms with Gasteiger partial charge in [0.05, 0.1) is 30.0 Å². The van der Waals surface area contributed by atoms with Crippen LogP contribution in [0.15, 0.2) is 18.2 Å². The molecule has 1 aromatic heterocycles. The Morgan fingerprint density at radius 3 is 2.96 bits per heavy atom. The van der Waals surface area contributed by atoms with Crippen LogP contribution in [-0.2, 0) is 9.53 Å². The van der Waals surface area contributed by atoms with Crippen molar-refractivity contribution < 1.29 is 14.4 Å². The highest BCUT2D eigenvalue weighted by Gasteiger charge is 2.20. The molecule has 0 bridgehead atoms. The van der Waals surface area contributed by atoms with Crippen LogP contribution in [0.25, 0.3) is 10.2 Å². The maximum atomic E-state index is 12.6. The van der Waals surface area contributed by atoms with Gasteiger partial charge >= 0.3 is 0 Å². The van der Waals surface area contributed by atoms with Gasteiger partial charge in [-0.05, 0) is 24.6 Å². The first-order valence-electron chi connectivity index (χ1n) is 8.95. The number of anilines is 1. The number of carbonyl (C=O) groups excluding carboxylic acids is 1. The quantitative estimate of drug-likeness (QED) is 0.799. The number of quaternary nitrogens is 1. The van der Waals surface area contributed by atoms with Crippen molar-refractivity contribution >= 4 is 44.2 Å². The summed E-state index contributed by atoms with van der Waals surface area (Å²) >= 11 is 7.62. The van der Waals surface area contributed by atoms with Crippen LogP contribution in [0, 0.1) is 0 Å². The molecule has 2 aromatic rings. The second-order valence-corrected chi connectivity index (χ2v) is 7.82. The number of morpholine rings is 1. The Morgan fingerprint density at radius 1 is 1.40 bits per heavy atom. The summed E-state index contributed by atoms with van der Waals surface area (Å²) in [7, 11) is 0. The van der Waals surface area contributed by atoms with Crippen LogP contribution in [0.3, 0.4) is 0 Å². The fourth-order valence-corrected chi connectivity index (χ4v) is 4.36. The van der Waals surface area contributed by atoms with Crippen LogP contribution >= 0.6 is 22.9 Å². The molecular formula is C18H25ClN3O2S+. The number of benzene rings is 1. The van der Waals surface area contributed by atoms with Gasteiger partial charge in [0.15, 0.2) is 5.13 Å². The first-order chi connectivity index (χ1) is 12.2. The monoisotopic (exact) mass is 382 g/mol. The minimum atomic E-state index is 0.157. The van der Waals surface area contributed by atoms with Gasteiger partial charge in [0.25, 0.3) is 0 Å². The third kappa shape index (κ3) is 4.91. The Hall–Kier alpha value is -1.21. The average molecular weight is 383 g/mol. The van der Waals surface area contributed by atoms with Gasteiger partial charge in [-0.2, -0.15) is 0 Å². The number of aromatic nitrogens is 1. The van der Waals surface area contributed by atoms with Crippen molar-refractivity contribution in [2.75, 3.05) is 44.3 Å². The van der Waals surface area contributed by atoms with Crippen LogP contribution in [-0.4, -0.2) is 50.3 Å². The van der Waals surface area contributed by atoms with E-state index in [0.29, 0.717) is 11.4 Å². The molecule has 5 nitrogen and oxygen atoms in total. The topological polar surface area (TPSA) is 46.9 Å². The Bertz CT molecular complexity index is 715. The van der Waals surface area contributed by atoms with Gasteiger partial charge in [-0.25, -0.2) is 4.98 Å². The van der Waals surface area contributed by atoms with Crippen LogP contribution in [0.1, 0.15) is 26.2 Å². The predicted molar refractivity (Wildman–Crippen MR) is 103 cm³/mol. The first-order valence-corrected chi connectivity index (χ1v) is 10.1. The minimum Gasteiger partial charge on any atom is -0.370 e. The summed E-state index contributed by atoms with van der Waals surface area (Å²) in [5.74, 6) is 0.157. The molecule has 1 amide bonds. The molecule has 1 fully saturated rings. The highest BCUT2D eigenvalue weighted by molar-refractivity contribution is 7.22. The molecule has 0 saturated carbocycles. The Labute approximate surface area is 157 Å². The van der Waals surface area contributed by atoms with E-state index in [4.69, 9.17) is 16.3 Å². The maximum Gasteiger partial charge on any atom is 0.228 e. The molecule has 1 aliphatic rings. The third-order valence-electron chi connectivity index (χ3n) is 4.45. The summed E-state index contributed by atoms with van der Waals surface area (Å²) in [6.45, 7) is 7.61. The van der Waals surface area contributed by atoms with E-state index in [0.717, 1.165) is 67.6 Å².